The molecule has 2 fully saturated rings. The van der Waals surface area contributed by atoms with Crippen molar-refractivity contribution in [3.05, 3.63) is 106 Å². The normalized spacial score (nSPS) is 17.2. The van der Waals surface area contributed by atoms with Gasteiger partial charge in [0.1, 0.15) is 23.0 Å². The topological polar surface area (TPSA) is 135 Å². The van der Waals surface area contributed by atoms with Crippen LogP contribution < -0.4 is 20.9 Å². The molecule has 2 unspecified atom stereocenters. The SMILES string of the molecule is Cc1c(C(C)NC(=O)Nc2ccc(N3CCC(COC(=O)c4ccc(NCC5(c6cccc(Br)c6)CCC5)nn4)C3)nc2)oc2ccccc12. The number of anilines is 3. The highest BCUT2D eigenvalue weighted by Gasteiger charge is 2.38. The van der Waals surface area contributed by atoms with Crippen LogP contribution in [0.4, 0.5) is 22.1 Å². The van der Waals surface area contributed by atoms with Gasteiger partial charge in [-0.25, -0.2) is 14.6 Å². The van der Waals surface area contributed by atoms with Crippen molar-refractivity contribution in [3.8, 4) is 0 Å². The number of carbonyl (C=O) groups is 2. The lowest BCUT2D eigenvalue weighted by molar-refractivity contribution is 0.0443. The number of hydrogen-bond donors (Lipinski definition) is 3. The van der Waals surface area contributed by atoms with Gasteiger partial charge in [-0.05, 0) is 81.1 Å². The molecular formula is C38H40BrN7O4. The van der Waals surface area contributed by atoms with E-state index in [0.29, 0.717) is 18.1 Å². The van der Waals surface area contributed by atoms with Gasteiger partial charge in [0, 0.05) is 46.4 Å². The monoisotopic (exact) mass is 737 g/mol. The Morgan fingerprint density at radius 2 is 1.94 bits per heavy atom. The largest absolute Gasteiger partial charge is 0.461 e. The lowest BCUT2D eigenvalue weighted by Crippen LogP contribution is -2.41. The van der Waals surface area contributed by atoms with Crippen LogP contribution in [0.15, 0.2) is 87.9 Å². The zero-order valence-electron chi connectivity index (χ0n) is 28.1. The molecule has 2 aromatic carbocycles. The van der Waals surface area contributed by atoms with Gasteiger partial charge >= 0.3 is 12.0 Å². The minimum Gasteiger partial charge on any atom is -0.461 e. The van der Waals surface area contributed by atoms with Gasteiger partial charge in [-0.1, -0.05) is 52.7 Å². The van der Waals surface area contributed by atoms with Gasteiger partial charge in [0.2, 0.25) is 0 Å². The average Bonchev–Trinajstić information content (AvgIpc) is 3.72. The van der Waals surface area contributed by atoms with Crippen LogP contribution in [-0.4, -0.2) is 53.4 Å². The van der Waals surface area contributed by atoms with E-state index in [1.54, 1.807) is 18.3 Å². The number of aromatic nitrogens is 3. The maximum absolute atomic E-state index is 12.8. The lowest BCUT2D eigenvalue weighted by atomic mass is 9.64. The molecule has 0 bridgehead atoms. The number of carbonyl (C=O) groups excluding carboxylic acids is 2. The first-order valence-corrected chi connectivity index (χ1v) is 17.8. The Morgan fingerprint density at radius 3 is 2.66 bits per heavy atom. The van der Waals surface area contributed by atoms with Crippen LogP contribution in [0.2, 0.25) is 0 Å². The van der Waals surface area contributed by atoms with Crippen LogP contribution in [0, 0.1) is 12.8 Å². The molecule has 1 saturated heterocycles. The summed E-state index contributed by atoms with van der Waals surface area (Å²) in [5, 5.41) is 18.6. The molecule has 1 aliphatic heterocycles. The van der Waals surface area contributed by atoms with Gasteiger partial charge in [0.25, 0.3) is 0 Å². The Hall–Kier alpha value is -4.97. The number of rotatable bonds is 11. The summed E-state index contributed by atoms with van der Waals surface area (Å²) in [4.78, 5) is 32.2. The van der Waals surface area contributed by atoms with Crippen molar-refractivity contribution < 1.29 is 18.7 Å². The van der Waals surface area contributed by atoms with Crippen molar-refractivity contribution in [2.45, 2.75) is 51.0 Å². The predicted molar refractivity (Wildman–Crippen MR) is 197 cm³/mol. The molecule has 4 heterocycles. The molecule has 2 atom stereocenters. The van der Waals surface area contributed by atoms with E-state index in [-0.39, 0.29) is 35.7 Å². The second kappa shape index (κ2) is 14.5. The van der Waals surface area contributed by atoms with Gasteiger partial charge in [0.15, 0.2) is 5.69 Å². The number of benzene rings is 2. The Balaban J connectivity index is 0.849. The van der Waals surface area contributed by atoms with Crippen molar-refractivity contribution in [1.82, 2.24) is 20.5 Å². The number of para-hydroxylation sites is 1. The number of furan rings is 1. The first-order chi connectivity index (χ1) is 24.3. The van der Waals surface area contributed by atoms with E-state index in [2.05, 4.69) is 70.2 Å². The summed E-state index contributed by atoms with van der Waals surface area (Å²) in [6.45, 7) is 6.43. The van der Waals surface area contributed by atoms with Gasteiger partial charge in [-0.2, -0.15) is 0 Å². The Kier molecular flexibility index (Phi) is 9.71. The minimum atomic E-state index is -0.483. The number of amides is 2. The maximum Gasteiger partial charge on any atom is 0.358 e. The van der Waals surface area contributed by atoms with Crippen LogP contribution in [0.5, 0.6) is 0 Å². The third-order valence-electron chi connectivity index (χ3n) is 9.92. The fourth-order valence-corrected chi connectivity index (χ4v) is 7.31. The lowest BCUT2D eigenvalue weighted by Gasteiger charge is -2.42. The zero-order chi connectivity index (χ0) is 34.7. The minimum absolute atomic E-state index is 0.0822. The first kappa shape index (κ1) is 33.5. The van der Waals surface area contributed by atoms with E-state index in [1.807, 2.05) is 56.3 Å². The van der Waals surface area contributed by atoms with Crippen LogP contribution >= 0.6 is 15.9 Å². The van der Waals surface area contributed by atoms with E-state index < -0.39 is 5.97 Å². The van der Waals surface area contributed by atoms with Gasteiger partial charge in [-0.3, -0.25) is 0 Å². The molecule has 258 valence electrons. The first-order valence-electron chi connectivity index (χ1n) is 17.0. The third-order valence-corrected chi connectivity index (χ3v) is 10.4. The summed E-state index contributed by atoms with van der Waals surface area (Å²) < 4.78 is 12.7. The van der Waals surface area contributed by atoms with Crippen molar-refractivity contribution >= 4 is 56.2 Å². The molecule has 3 aromatic heterocycles. The molecule has 50 heavy (non-hydrogen) atoms. The summed E-state index contributed by atoms with van der Waals surface area (Å²) in [6, 6.07) is 22.8. The Labute approximate surface area is 299 Å². The molecule has 1 saturated carbocycles. The molecule has 2 amide bonds. The van der Waals surface area contributed by atoms with Crippen LogP contribution in [0.25, 0.3) is 11.0 Å². The second-order valence-corrected chi connectivity index (χ2v) is 14.2. The number of hydrogen-bond acceptors (Lipinski definition) is 9. The smallest absolute Gasteiger partial charge is 0.358 e. The van der Waals surface area contributed by atoms with Crippen LogP contribution in [0.3, 0.4) is 0 Å². The molecule has 5 aromatic rings. The number of halogens is 1. The molecule has 0 spiro atoms. The number of urea groups is 1. The molecule has 11 nitrogen and oxygen atoms in total. The molecule has 0 radical (unpaired) electrons. The standard InChI is InChI=1S/C38H40BrN7O4/c1-24-30-9-3-4-10-32(30)50-35(24)25(2)42-37(48)43-29-11-14-34(40-20-29)46-18-15-26(21-46)22-49-36(47)31-12-13-33(45-44-31)41-23-38(16-6-17-38)27-7-5-8-28(39)19-27/h3-5,7-14,19-20,25-26H,6,15-18,21-23H2,1-2H3,(H,41,45)(H2,42,43,48). The third kappa shape index (κ3) is 7.30. The van der Waals surface area contributed by atoms with Gasteiger partial charge in [-0.15, -0.1) is 10.2 Å². The summed E-state index contributed by atoms with van der Waals surface area (Å²) in [6.07, 6.45) is 5.95. The highest BCUT2D eigenvalue weighted by Crippen LogP contribution is 2.44. The quantitative estimate of drug-likeness (QED) is 0.116. The number of esters is 1. The summed E-state index contributed by atoms with van der Waals surface area (Å²) in [7, 11) is 0. The van der Waals surface area contributed by atoms with E-state index >= 15 is 0 Å². The number of pyridine rings is 1. The number of nitrogens with zero attached hydrogens (tertiary/aromatic N) is 4. The zero-order valence-corrected chi connectivity index (χ0v) is 29.7. The second-order valence-electron chi connectivity index (χ2n) is 13.3. The predicted octanol–water partition coefficient (Wildman–Crippen LogP) is 7.79. The highest BCUT2D eigenvalue weighted by atomic mass is 79.9. The van der Waals surface area contributed by atoms with Crippen molar-refractivity contribution in [2.24, 2.45) is 5.92 Å². The average molecular weight is 739 g/mol. The fourth-order valence-electron chi connectivity index (χ4n) is 6.91. The highest BCUT2D eigenvalue weighted by molar-refractivity contribution is 9.10. The number of fused-ring (bicyclic) bond motifs is 1. The number of ether oxygens (including phenoxy) is 1. The Bertz CT molecular complexity index is 1980. The van der Waals surface area contributed by atoms with Crippen molar-refractivity contribution in [2.75, 3.05) is 41.8 Å². The molecule has 2 aliphatic rings. The number of nitrogens with one attached hydrogen (secondary N) is 3. The number of aryl methyl sites for hydroxylation is 1. The summed E-state index contributed by atoms with van der Waals surface area (Å²) >= 11 is 3.59. The molecule has 7 rings (SSSR count). The van der Waals surface area contributed by atoms with Crippen LogP contribution in [0.1, 0.15) is 66.0 Å². The van der Waals surface area contributed by atoms with E-state index in [1.165, 1.54) is 12.0 Å². The van der Waals surface area contributed by atoms with Crippen LogP contribution in [-0.2, 0) is 10.2 Å². The van der Waals surface area contributed by atoms with Gasteiger partial charge in [0.05, 0.1) is 24.5 Å². The Morgan fingerprint density at radius 1 is 1.08 bits per heavy atom. The maximum atomic E-state index is 12.8. The van der Waals surface area contributed by atoms with Crippen molar-refractivity contribution in [3.63, 3.8) is 0 Å². The molecular weight excluding hydrogens is 698 g/mol. The van der Waals surface area contributed by atoms with E-state index in [4.69, 9.17) is 9.15 Å². The molecule has 1 aliphatic carbocycles. The van der Waals surface area contributed by atoms with Crippen molar-refractivity contribution in [1.29, 1.82) is 0 Å². The van der Waals surface area contributed by atoms with E-state index in [0.717, 1.165) is 64.9 Å². The van der Waals surface area contributed by atoms with E-state index in [9.17, 15) is 9.59 Å². The van der Waals surface area contributed by atoms with Gasteiger partial charge < -0.3 is 30.0 Å². The summed E-state index contributed by atoms with van der Waals surface area (Å²) in [5.74, 6) is 1.85. The molecule has 12 heteroatoms. The molecule has 3 N–H and O–H groups in total. The fraction of sp³-hybridized carbons (Fsp3) is 0.342. The summed E-state index contributed by atoms with van der Waals surface area (Å²) in [5.41, 5.74) is 3.98.